The molecule has 0 heterocycles. The third-order valence-corrected chi connectivity index (χ3v) is 6.34. The molecule has 0 aliphatic heterocycles. The van der Waals surface area contributed by atoms with Crippen LogP contribution in [0.1, 0.15) is 28.4 Å². The van der Waals surface area contributed by atoms with Crippen molar-refractivity contribution in [3.8, 4) is 11.8 Å². The molecule has 0 saturated heterocycles. The van der Waals surface area contributed by atoms with Crippen molar-refractivity contribution in [3.05, 3.63) is 94.0 Å². The van der Waals surface area contributed by atoms with E-state index in [2.05, 4.69) is 5.32 Å². The number of esters is 1. The van der Waals surface area contributed by atoms with Crippen molar-refractivity contribution in [2.45, 2.75) is 18.7 Å². The van der Waals surface area contributed by atoms with Gasteiger partial charge in [-0.05, 0) is 74.0 Å². The molecule has 3 aromatic rings. The lowest BCUT2D eigenvalue weighted by Gasteiger charge is -2.09. The second-order valence-corrected chi connectivity index (χ2v) is 9.42. The van der Waals surface area contributed by atoms with Gasteiger partial charge in [0, 0.05) is 5.69 Å². The smallest absolute Gasteiger partial charge is 0.339 e. The van der Waals surface area contributed by atoms with Gasteiger partial charge in [-0.1, -0.05) is 35.4 Å². The molecule has 0 fully saturated rings. The Kier molecular flexibility index (Phi) is 8.48. The third kappa shape index (κ3) is 6.72. The number of ether oxygens (including phenoxy) is 1. The zero-order valence-corrected chi connectivity index (χ0v) is 20.9. The first kappa shape index (κ1) is 26.5. The van der Waals surface area contributed by atoms with Crippen LogP contribution in [0.15, 0.2) is 77.2 Å². The summed E-state index contributed by atoms with van der Waals surface area (Å²) in [6.45, 7) is 3.77. The fraction of sp³-hybridized carbons (Fsp3) is 0.115. The van der Waals surface area contributed by atoms with E-state index in [0.29, 0.717) is 16.8 Å². The quantitative estimate of drug-likeness (QED) is 0.187. The van der Waals surface area contributed by atoms with E-state index in [4.69, 9.17) is 20.5 Å². The van der Waals surface area contributed by atoms with Gasteiger partial charge < -0.3 is 14.2 Å². The number of hydrogen-bond acceptors (Lipinski definition) is 7. The molecule has 8 nitrogen and oxygen atoms in total. The van der Waals surface area contributed by atoms with Gasteiger partial charge in [0.2, 0.25) is 0 Å². The van der Waals surface area contributed by atoms with Crippen LogP contribution < -0.4 is 9.50 Å². The fourth-order valence-corrected chi connectivity index (χ4v) is 4.18. The van der Waals surface area contributed by atoms with E-state index >= 15 is 0 Å². The Morgan fingerprint density at radius 1 is 1.06 bits per heavy atom. The van der Waals surface area contributed by atoms with Crippen LogP contribution in [0.5, 0.6) is 5.75 Å². The lowest BCUT2D eigenvalue weighted by molar-refractivity contribution is -0.112. The minimum absolute atomic E-state index is 0.0214. The lowest BCUT2D eigenvalue weighted by Crippen LogP contribution is -2.13. The molecule has 0 aromatic heterocycles. The number of benzene rings is 3. The van der Waals surface area contributed by atoms with Crippen LogP contribution in [-0.4, -0.2) is 26.9 Å². The Bertz CT molecular complexity index is 1460. The second kappa shape index (κ2) is 11.5. The topological polar surface area (TPSA) is 123 Å². The molecule has 36 heavy (non-hydrogen) atoms. The number of carbonyl (C=O) groups is 2. The molecule has 0 spiro atoms. The normalized spacial score (nSPS) is 11.3. The fourth-order valence-electron chi connectivity index (χ4n) is 2.96. The number of nitrogens with one attached hydrogen (secondary N) is 1. The first-order valence-electron chi connectivity index (χ1n) is 10.6. The van der Waals surface area contributed by atoms with Crippen LogP contribution in [0.3, 0.4) is 0 Å². The van der Waals surface area contributed by atoms with Gasteiger partial charge in [0.15, 0.2) is 5.75 Å². The Hall–Kier alpha value is -4.13. The molecule has 0 radical (unpaired) electrons. The number of hydrogen-bond donors (Lipinski definition) is 1. The summed E-state index contributed by atoms with van der Waals surface area (Å²) >= 11 is 6.21. The predicted molar refractivity (Wildman–Crippen MR) is 135 cm³/mol. The van der Waals surface area contributed by atoms with Gasteiger partial charge in [0.25, 0.3) is 5.91 Å². The van der Waals surface area contributed by atoms with Crippen LogP contribution in [0.2, 0.25) is 5.02 Å². The molecule has 3 aromatic carbocycles. The number of carbonyl (C=O) groups excluding carboxylic acids is 2. The van der Waals surface area contributed by atoms with Crippen LogP contribution in [0, 0.1) is 18.3 Å². The molecule has 10 heteroatoms. The van der Waals surface area contributed by atoms with Crippen molar-refractivity contribution < 1.29 is 26.9 Å². The molecule has 0 aliphatic rings. The summed E-state index contributed by atoms with van der Waals surface area (Å²) in [5.74, 6) is -1.26. The Morgan fingerprint density at radius 3 is 2.31 bits per heavy atom. The first-order valence-corrected chi connectivity index (χ1v) is 12.4. The van der Waals surface area contributed by atoms with E-state index in [1.54, 1.807) is 19.1 Å². The van der Waals surface area contributed by atoms with Crippen molar-refractivity contribution in [1.82, 2.24) is 0 Å². The van der Waals surface area contributed by atoms with E-state index in [1.165, 1.54) is 60.7 Å². The van der Waals surface area contributed by atoms with Crippen molar-refractivity contribution in [2.75, 3.05) is 11.9 Å². The molecular formula is C26H21ClN2O6S. The summed E-state index contributed by atoms with van der Waals surface area (Å²) in [5, 5.41) is 12.0. The summed E-state index contributed by atoms with van der Waals surface area (Å²) in [7, 11) is -4.10. The van der Waals surface area contributed by atoms with Gasteiger partial charge in [0.05, 0.1) is 17.2 Å². The van der Waals surface area contributed by atoms with Crippen molar-refractivity contribution in [3.63, 3.8) is 0 Å². The highest BCUT2D eigenvalue weighted by molar-refractivity contribution is 7.87. The molecule has 0 unspecified atom stereocenters. The average Bonchev–Trinajstić information content (AvgIpc) is 2.85. The standard InChI is InChI=1S/C26H21ClN2O6S/c1-3-34-26(31)19-7-9-21(10-8-19)29-25(30)20(16-28)14-18-6-13-24(23(27)15-18)35-36(32,33)22-11-4-17(2)5-12-22/h4-15H,3H2,1-2H3,(H,29,30)/b20-14+. The zero-order chi connectivity index (χ0) is 26.3. The van der Waals surface area contributed by atoms with E-state index in [9.17, 15) is 23.3 Å². The van der Waals surface area contributed by atoms with Gasteiger partial charge in [-0.3, -0.25) is 4.79 Å². The largest absolute Gasteiger partial charge is 0.462 e. The number of rotatable bonds is 8. The number of aryl methyl sites for hydroxylation is 1. The van der Waals surface area contributed by atoms with E-state index in [0.717, 1.165) is 5.56 Å². The summed E-state index contributed by atoms with van der Waals surface area (Å²) in [6.07, 6.45) is 1.30. The average molecular weight is 525 g/mol. The zero-order valence-electron chi connectivity index (χ0n) is 19.3. The monoisotopic (exact) mass is 524 g/mol. The van der Waals surface area contributed by atoms with Gasteiger partial charge in [-0.15, -0.1) is 0 Å². The van der Waals surface area contributed by atoms with Gasteiger partial charge in [0.1, 0.15) is 16.5 Å². The van der Waals surface area contributed by atoms with Crippen LogP contribution >= 0.6 is 11.6 Å². The number of halogens is 1. The molecular weight excluding hydrogens is 504 g/mol. The summed E-state index contributed by atoms with van der Waals surface area (Å²) in [5.41, 5.74) is 1.75. The van der Waals surface area contributed by atoms with Crippen molar-refractivity contribution >= 4 is 45.4 Å². The number of nitriles is 1. The van der Waals surface area contributed by atoms with Gasteiger partial charge >= 0.3 is 16.1 Å². The first-order chi connectivity index (χ1) is 17.1. The Balaban J connectivity index is 1.74. The summed E-state index contributed by atoms with van der Waals surface area (Å²) in [4.78, 5) is 24.3. The van der Waals surface area contributed by atoms with Crippen molar-refractivity contribution in [2.24, 2.45) is 0 Å². The van der Waals surface area contributed by atoms with Gasteiger partial charge in [-0.25, -0.2) is 4.79 Å². The minimum atomic E-state index is -4.10. The third-order valence-electron chi connectivity index (χ3n) is 4.80. The highest BCUT2D eigenvalue weighted by Gasteiger charge is 2.18. The minimum Gasteiger partial charge on any atom is -0.462 e. The second-order valence-electron chi connectivity index (χ2n) is 7.46. The van der Waals surface area contributed by atoms with Crippen molar-refractivity contribution in [1.29, 1.82) is 5.26 Å². The molecule has 0 aliphatic carbocycles. The Morgan fingerprint density at radius 2 is 1.72 bits per heavy atom. The molecule has 1 N–H and O–H groups in total. The summed E-state index contributed by atoms with van der Waals surface area (Å²) < 4.78 is 35.1. The number of nitrogens with zero attached hydrogens (tertiary/aromatic N) is 1. The number of amides is 1. The Labute approximate surface area is 213 Å². The molecule has 3 rings (SSSR count). The highest BCUT2D eigenvalue weighted by Crippen LogP contribution is 2.29. The van der Waals surface area contributed by atoms with E-state index in [1.807, 2.05) is 13.0 Å². The van der Waals surface area contributed by atoms with Crippen LogP contribution in [-0.2, 0) is 19.6 Å². The number of anilines is 1. The predicted octanol–water partition coefficient (Wildman–Crippen LogP) is 5.14. The molecule has 0 saturated carbocycles. The molecule has 184 valence electrons. The van der Waals surface area contributed by atoms with E-state index < -0.39 is 22.0 Å². The van der Waals surface area contributed by atoms with Crippen LogP contribution in [0.25, 0.3) is 6.08 Å². The highest BCUT2D eigenvalue weighted by atomic mass is 35.5. The molecule has 1 amide bonds. The lowest BCUT2D eigenvalue weighted by atomic mass is 10.1. The molecule has 0 atom stereocenters. The maximum Gasteiger partial charge on any atom is 0.339 e. The maximum atomic E-state index is 12.6. The van der Waals surface area contributed by atoms with Gasteiger partial charge in [-0.2, -0.15) is 13.7 Å². The SMILES string of the molecule is CCOC(=O)c1ccc(NC(=O)/C(C#N)=C/c2ccc(OS(=O)(=O)c3ccc(C)cc3)c(Cl)c2)cc1. The summed E-state index contributed by atoms with van der Waals surface area (Å²) in [6, 6.07) is 18.2. The van der Waals surface area contributed by atoms with Crippen LogP contribution in [0.4, 0.5) is 5.69 Å². The van der Waals surface area contributed by atoms with E-state index in [-0.39, 0.29) is 27.8 Å². The maximum absolute atomic E-state index is 12.6. The molecule has 0 bridgehead atoms.